The van der Waals surface area contributed by atoms with Crippen LogP contribution in [0.5, 0.6) is 0 Å². The van der Waals surface area contributed by atoms with Crippen LogP contribution < -0.4 is 4.72 Å². The predicted octanol–water partition coefficient (Wildman–Crippen LogP) is 2.59. The minimum Gasteiger partial charge on any atom is -0.338 e. The summed E-state index contributed by atoms with van der Waals surface area (Å²) >= 11 is 1.82. The number of benzene rings is 1. The quantitative estimate of drug-likeness (QED) is 0.765. The summed E-state index contributed by atoms with van der Waals surface area (Å²) in [4.78, 5) is 18.3. The highest BCUT2D eigenvalue weighted by atomic mass is 32.2. The third-order valence-electron chi connectivity index (χ3n) is 6.01. The van der Waals surface area contributed by atoms with E-state index in [1.165, 1.54) is 10.4 Å². The van der Waals surface area contributed by atoms with E-state index in [9.17, 15) is 13.2 Å². The Morgan fingerprint density at radius 2 is 1.87 bits per heavy atom. The first-order chi connectivity index (χ1) is 14.1. The van der Waals surface area contributed by atoms with Crippen LogP contribution in [0.1, 0.15) is 36.8 Å². The van der Waals surface area contributed by atoms with Gasteiger partial charge in [-0.2, -0.15) is 0 Å². The van der Waals surface area contributed by atoms with Crippen LogP contribution in [0.3, 0.4) is 0 Å². The topological polar surface area (TPSA) is 69.7 Å². The third-order valence-corrected chi connectivity index (χ3v) is 8.45. The highest BCUT2D eigenvalue weighted by Crippen LogP contribution is 2.28. The number of nitrogens with one attached hydrogen (secondary N) is 1. The molecule has 1 saturated heterocycles. The van der Waals surface area contributed by atoms with Crippen molar-refractivity contribution in [2.45, 2.75) is 50.1 Å². The Morgan fingerprint density at radius 1 is 1.17 bits per heavy atom. The van der Waals surface area contributed by atoms with Crippen LogP contribution in [-0.4, -0.2) is 56.3 Å². The van der Waals surface area contributed by atoms with Crippen molar-refractivity contribution in [2.24, 2.45) is 0 Å². The van der Waals surface area contributed by atoms with Gasteiger partial charge in [-0.15, -0.1) is 11.3 Å². The summed E-state index contributed by atoms with van der Waals surface area (Å²) in [5.41, 5.74) is 2.43. The number of likely N-dealkylation sites (tertiary alicyclic amines) is 1. The van der Waals surface area contributed by atoms with E-state index in [2.05, 4.69) is 41.8 Å². The zero-order valence-corrected chi connectivity index (χ0v) is 19.4. The Kier molecular flexibility index (Phi) is 5.78. The van der Waals surface area contributed by atoms with Gasteiger partial charge in [0.2, 0.25) is 15.9 Å². The molecule has 2 aromatic rings. The van der Waals surface area contributed by atoms with E-state index in [-0.39, 0.29) is 22.8 Å². The minimum atomic E-state index is -3.70. The van der Waals surface area contributed by atoms with Gasteiger partial charge in [-0.1, -0.05) is 32.9 Å². The van der Waals surface area contributed by atoms with E-state index in [1.807, 2.05) is 23.5 Å². The molecule has 162 valence electrons. The maximum Gasteiger partial charge on any atom is 0.241 e. The van der Waals surface area contributed by atoms with Crippen molar-refractivity contribution in [3.8, 4) is 0 Å². The lowest BCUT2D eigenvalue weighted by atomic mass is 9.87. The Bertz CT molecular complexity index is 1020. The van der Waals surface area contributed by atoms with E-state index < -0.39 is 10.0 Å². The molecule has 0 spiro atoms. The molecule has 4 rings (SSSR count). The van der Waals surface area contributed by atoms with Crippen LogP contribution in [0, 0.1) is 0 Å². The molecule has 1 aromatic heterocycles. The normalized spacial score (nSPS) is 18.2. The number of hydrogen-bond donors (Lipinski definition) is 1. The van der Waals surface area contributed by atoms with Crippen molar-refractivity contribution >= 4 is 27.3 Å². The molecule has 0 unspecified atom stereocenters. The second-order valence-corrected chi connectivity index (χ2v) is 11.9. The van der Waals surface area contributed by atoms with Crippen molar-refractivity contribution in [1.29, 1.82) is 0 Å². The van der Waals surface area contributed by atoms with Gasteiger partial charge >= 0.3 is 0 Å². The summed E-state index contributed by atoms with van der Waals surface area (Å²) in [6.07, 6.45) is 1.07. The number of thiophene rings is 1. The number of rotatable bonds is 5. The van der Waals surface area contributed by atoms with Gasteiger partial charge in [0, 0.05) is 37.1 Å². The van der Waals surface area contributed by atoms with Gasteiger partial charge in [-0.05, 0) is 46.5 Å². The van der Waals surface area contributed by atoms with Crippen molar-refractivity contribution < 1.29 is 13.2 Å². The molecular formula is C22H29N3O3S2. The van der Waals surface area contributed by atoms with Crippen molar-refractivity contribution in [3.63, 3.8) is 0 Å². The maximum absolute atomic E-state index is 12.5. The number of amides is 1. The van der Waals surface area contributed by atoms with Gasteiger partial charge in [-0.3, -0.25) is 9.69 Å². The Hall–Kier alpha value is -1.74. The molecule has 0 aliphatic carbocycles. The molecule has 30 heavy (non-hydrogen) atoms. The van der Waals surface area contributed by atoms with Crippen LogP contribution in [-0.2, 0) is 33.2 Å². The number of nitrogens with zero attached hydrogens (tertiary/aromatic N) is 2. The number of carbonyl (C=O) groups excluding carboxylic acids is 1. The maximum atomic E-state index is 12.5. The fourth-order valence-electron chi connectivity index (χ4n) is 3.96. The van der Waals surface area contributed by atoms with E-state index in [0.717, 1.165) is 25.1 Å². The summed E-state index contributed by atoms with van der Waals surface area (Å²) in [5.74, 6) is -0.172. The summed E-state index contributed by atoms with van der Waals surface area (Å²) in [7, 11) is -3.70. The zero-order valence-electron chi connectivity index (χ0n) is 17.7. The lowest BCUT2D eigenvalue weighted by Gasteiger charge is -2.46. The van der Waals surface area contributed by atoms with E-state index in [4.69, 9.17) is 0 Å². The van der Waals surface area contributed by atoms with Crippen LogP contribution in [0.4, 0.5) is 0 Å². The average Bonchev–Trinajstić information content (AvgIpc) is 3.13. The Morgan fingerprint density at radius 3 is 2.53 bits per heavy atom. The van der Waals surface area contributed by atoms with Gasteiger partial charge in [-0.25, -0.2) is 13.1 Å². The van der Waals surface area contributed by atoms with E-state index in [1.54, 1.807) is 17.0 Å². The summed E-state index contributed by atoms with van der Waals surface area (Å²) < 4.78 is 27.5. The highest BCUT2D eigenvalue weighted by Gasteiger charge is 2.36. The van der Waals surface area contributed by atoms with Crippen LogP contribution in [0.2, 0.25) is 0 Å². The molecule has 2 aliphatic heterocycles. The van der Waals surface area contributed by atoms with Crippen molar-refractivity contribution in [1.82, 2.24) is 14.5 Å². The van der Waals surface area contributed by atoms with Crippen molar-refractivity contribution in [3.05, 3.63) is 51.7 Å². The Balaban J connectivity index is 1.27. The molecule has 0 atom stereocenters. The molecule has 0 radical (unpaired) electrons. The van der Waals surface area contributed by atoms with Gasteiger partial charge in [0.1, 0.15) is 0 Å². The molecule has 1 aromatic carbocycles. The first-order valence-corrected chi connectivity index (χ1v) is 12.7. The van der Waals surface area contributed by atoms with Crippen molar-refractivity contribution in [2.75, 3.05) is 26.2 Å². The molecule has 0 bridgehead atoms. The third kappa shape index (κ3) is 4.46. The molecule has 1 amide bonds. The molecule has 0 saturated carbocycles. The molecule has 3 heterocycles. The molecular weight excluding hydrogens is 418 g/mol. The summed E-state index contributed by atoms with van der Waals surface area (Å²) in [5, 5.41) is 2.15. The van der Waals surface area contributed by atoms with Crippen LogP contribution in [0.25, 0.3) is 0 Å². The fraction of sp³-hybridized carbons (Fsp3) is 0.500. The number of hydrogen-bond acceptors (Lipinski definition) is 5. The second-order valence-electron chi connectivity index (χ2n) is 9.14. The fourth-order valence-corrected chi connectivity index (χ4v) is 5.82. The highest BCUT2D eigenvalue weighted by molar-refractivity contribution is 7.89. The number of sulfonamides is 1. The molecule has 8 heteroatoms. The number of fused-ring (bicyclic) bond motifs is 1. The largest absolute Gasteiger partial charge is 0.338 e. The lowest BCUT2D eigenvalue weighted by molar-refractivity contribution is -0.137. The first-order valence-electron chi connectivity index (χ1n) is 10.3. The van der Waals surface area contributed by atoms with Crippen LogP contribution in [0.15, 0.2) is 40.6 Å². The molecule has 2 aliphatic rings. The number of carbonyl (C=O) groups is 1. The molecule has 1 fully saturated rings. The monoisotopic (exact) mass is 447 g/mol. The lowest BCUT2D eigenvalue weighted by Crippen LogP contribution is -2.62. The van der Waals surface area contributed by atoms with Gasteiger partial charge in [0.05, 0.1) is 11.4 Å². The zero-order chi connectivity index (χ0) is 21.5. The summed E-state index contributed by atoms with van der Waals surface area (Å²) in [6.45, 7) is 9.34. The standard InChI is InChI=1S/C22H29N3O3S2/c1-22(2,3)17-4-6-19(7-5-17)30(27,28)23-12-21(26)25-14-18(15-25)24-10-8-20-16(13-24)9-11-29-20/h4-7,9,11,18,23H,8,10,12-15H2,1-3H3. The minimum absolute atomic E-state index is 0.0426. The average molecular weight is 448 g/mol. The molecule has 1 N–H and O–H groups in total. The summed E-state index contributed by atoms with van der Waals surface area (Å²) in [6, 6.07) is 9.41. The smallest absolute Gasteiger partial charge is 0.241 e. The van der Waals surface area contributed by atoms with Crippen LogP contribution >= 0.6 is 11.3 Å². The molecule has 6 nitrogen and oxygen atoms in total. The van der Waals surface area contributed by atoms with Gasteiger partial charge in [0.15, 0.2) is 0 Å². The first kappa shape index (κ1) is 21.5. The van der Waals surface area contributed by atoms with E-state index >= 15 is 0 Å². The van der Waals surface area contributed by atoms with Gasteiger partial charge in [0.25, 0.3) is 0 Å². The second kappa shape index (κ2) is 8.07. The SMILES string of the molecule is CC(C)(C)c1ccc(S(=O)(=O)NCC(=O)N2CC(N3CCc4sccc4C3)C2)cc1. The predicted molar refractivity (Wildman–Crippen MR) is 119 cm³/mol. The Labute approximate surface area is 182 Å². The van der Waals surface area contributed by atoms with Gasteiger partial charge < -0.3 is 4.90 Å². The van der Waals surface area contributed by atoms with E-state index in [0.29, 0.717) is 19.1 Å².